The van der Waals surface area contributed by atoms with Crippen LogP contribution in [-0.2, 0) is 0 Å². The zero-order chi connectivity index (χ0) is 11.5. The van der Waals surface area contributed by atoms with Gasteiger partial charge in [-0.3, -0.25) is 20.2 Å². The van der Waals surface area contributed by atoms with Crippen molar-refractivity contribution >= 4 is 0 Å². The molecule has 0 spiro atoms. The third-order valence-corrected chi connectivity index (χ3v) is 2.75. The Morgan fingerprint density at radius 3 is 2.53 bits per heavy atom. The second-order valence-corrected chi connectivity index (χ2v) is 4.19. The quantitative estimate of drug-likeness (QED) is 0.545. The lowest BCUT2D eigenvalue weighted by Gasteiger charge is -2.31. The molecule has 7 heteroatoms. The van der Waals surface area contributed by atoms with E-state index in [0.29, 0.717) is 19.3 Å². The molecule has 1 N–H and O–H groups in total. The van der Waals surface area contributed by atoms with Crippen LogP contribution >= 0.6 is 0 Å². The zero-order valence-corrected chi connectivity index (χ0v) is 8.29. The molecule has 0 amide bonds. The van der Waals surface area contributed by atoms with Gasteiger partial charge in [-0.05, 0) is 25.7 Å². The monoisotopic (exact) mass is 218 g/mol. The van der Waals surface area contributed by atoms with E-state index in [0.717, 1.165) is 0 Å². The van der Waals surface area contributed by atoms with E-state index in [1.165, 1.54) is 0 Å². The fourth-order valence-corrected chi connectivity index (χ4v) is 2.21. The highest BCUT2D eigenvalue weighted by Gasteiger charge is 2.40. The Kier molecular flexibility index (Phi) is 3.57. The summed E-state index contributed by atoms with van der Waals surface area (Å²) in [4.78, 5) is 19.6. The van der Waals surface area contributed by atoms with E-state index < -0.39 is 22.0 Å². The van der Waals surface area contributed by atoms with Crippen LogP contribution in [0.15, 0.2) is 0 Å². The number of rotatable bonds is 4. The van der Waals surface area contributed by atoms with Gasteiger partial charge in [-0.1, -0.05) is 0 Å². The predicted molar refractivity (Wildman–Crippen MR) is 50.6 cm³/mol. The molecule has 2 atom stereocenters. The number of nitro groups is 2. The summed E-state index contributed by atoms with van der Waals surface area (Å²) in [5, 5.41) is 30.5. The summed E-state index contributed by atoms with van der Waals surface area (Å²) in [7, 11) is 0. The molecule has 0 aromatic rings. The van der Waals surface area contributed by atoms with Gasteiger partial charge in [0.2, 0.25) is 13.1 Å². The molecule has 1 saturated carbocycles. The van der Waals surface area contributed by atoms with E-state index in [1.807, 2.05) is 0 Å². The van der Waals surface area contributed by atoms with Crippen molar-refractivity contribution in [3.63, 3.8) is 0 Å². The van der Waals surface area contributed by atoms with Crippen LogP contribution < -0.4 is 0 Å². The minimum absolute atomic E-state index is 0.162. The highest BCUT2D eigenvalue weighted by atomic mass is 16.6. The first kappa shape index (κ1) is 11.8. The van der Waals surface area contributed by atoms with Crippen molar-refractivity contribution in [2.75, 3.05) is 13.1 Å². The lowest BCUT2D eigenvalue weighted by Crippen LogP contribution is -2.42. The Bertz CT molecular complexity index is 270. The Hall–Kier alpha value is -1.24. The van der Waals surface area contributed by atoms with Crippen LogP contribution in [0, 0.1) is 26.1 Å². The van der Waals surface area contributed by atoms with Gasteiger partial charge < -0.3 is 5.11 Å². The van der Waals surface area contributed by atoms with E-state index in [9.17, 15) is 25.3 Å². The molecule has 1 rings (SSSR count). The summed E-state index contributed by atoms with van der Waals surface area (Å²) in [6, 6.07) is 0. The van der Waals surface area contributed by atoms with Crippen LogP contribution in [0.25, 0.3) is 0 Å². The molecule has 15 heavy (non-hydrogen) atoms. The number of aliphatic hydroxyl groups is 1. The summed E-state index contributed by atoms with van der Waals surface area (Å²) in [5.41, 5.74) is -1.34. The smallest absolute Gasteiger partial charge is 0.232 e. The van der Waals surface area contributed by atoms with Gasteiger partial charge in [0.1, 0.15) is 5.60 Å². The van der Waals surface area contributed by atoms with E-state index in [2.05, 4.69) is 0 Å². The molecular weight excluding hydrogens is 204 g/mol. The summed E-state index contributed by atoms with van der Waals surface area (Å²) in [5.74, 6) is -0.237. The van der Waals surface area contributed by atoms with Gasteiger partial charge in [-0.25, -0.2) is 0 Å². The first-order valence-corrected chi connectivity index (χ1v) is 4.87. The largest absolute Gasteiger partial charge is 0.383 e. The average Bonchev–Trinajstić information content (AvgIpc) is 1.99. The molecule has 0 unspecified atom stereocenters. The van der Waals surface area contributed by atoms with Gasteiger partial charge >= 0.3 is 0 Å². The van der Waals surface area contributed by atoms with Gasteiger partial charge in [0.15, 0.2) is 0 Å². The Morgan fingerprint density at radius 1 is 1.33 bits per heavy atom. The molecule has 1 fully saturated rings. The fourth-order valence-electron chi connectivity index (χ4n) is 2.21. The molecule has 0 aromatic heterocycles. The zero-order valence-electron chi connectivity index (χ0n) is 8.29. The van der Waals surface area contributed by atoms with Crippen LogP contribution in [0.4, 0.5) is 0 Å². The highest BCUT2D eigenvalue weighted by Crippen LogP contribution is 2.32. The molecular formula is C8H14N2O5. The SMILES string of the molecule is O=[N+]([O-])C[C@@H]1CCC[C@](O)(C[N+](=O)[O-])C1. The van der Waals surface area contributed by atoms with E-state index >= 15 is 0 Å². The first-order chi connectivity index (χ1) is 6.91. The average molecular weight is 218 g/mol. The van der Waals surface area contributed by atoms with E-state index in [1.54, 1.807) is 0 Å². The van der Waals surface area contributed by atoms with Gasteiger partial charge in [-0.15, -0.1) is 0 Å². The maximum absolute atomic E-state index is 10.3. The Balaban J connectivity index is 2.54. The minimum atomic E-state index is -1.34. The number of hydrogen-bond donors (Lipinski definition) is 1. The molecule has 7 nitrogen and oxygen atoms in total. The summed E-state index contributed by atoms with van der Waals surface area (Å²) in [6.07, 6.45) is 1.81. The van der Waals surface area contributed by atoms with Crippen molar-refractivity contribution in [2.45, 2.75) is 31.3 Å². The number of nitrogens with zero attached hydrogens (tertiary/aromatic N) is 2. The normalized spacial score (nSPS) is 31.1. The van der Waals surface area contributed by atoms with Gasteiger partial charge in [0.25, 0.3) is 0 Å². The van der Waals surface area contributed by atoms with E-state index in [-0.39, 0.29) is 18.9 Å². The molecule has 0 aromatic carbocycles. The van der Waals surface area contributed by atoms with Crippen LogP contribution in [0.2, 0.25) is 0 Å². The maximum Gasteiger partial charge on any atom is 0.232 e. The van der Waals surface area contributed by atoms with Crippen LogP contribution in [0.1, 0.15) is 25.7 Å². The number of hydrogen-bond acceptors (Lipinski definition) is 5. The molecule has 0 saturated heterocycles. The summed E-state index contributed by atoms with van der Waals surface area (Å²) < 4.78 is 0. The topological polar surface area (TPSA) is 107 Å². The molecule has 0 bridgehead atoms. The van der Waals surface area contributed by atoms with Gasteiger partial charge in [0.05, 0.1) is 0 Å². The molecule has 0 radical (unpaired) electrons. The standard InChI is InChI=1S/C8H14N2O5/c11-8(6-10(14)15)3-1-2-7(4-8)5-9(12)13/h7,11H,1-6H2/t7-,8-/m1/s1. The summed E-state index contributed by atoms with van der Waals surface area (Å²) >= 11 is 0. The summed E-state index contributed by atoms with van der Waals surface area (Å²) in [6.45, 7) is -0.721. The molecule has 0 heterocycles. The van der Waals surface area contributed by atoms with Crippen molar-refractivity contribution in [1.82, 2.24) is 0 Å². The Morgan fingerprint density at radius 2 is 2.00 bits per heavy atom. The van der Waals surface area contributed by atoms with Crippen LogP contribution in [0.5, 0.6) is 0 Å². The second kappa shape index (κ2) is 4.52. The van der Waals surface area contributed by atoms with Crippen molar-refractivity contribution in [1.29, 1.82) is 0 Å². The van der Waals surface area contributed by atoms with Crippen molar-refractivity contribution in [3.8, 4) is 0 Å². The lowest BCUT2D eigenvalue weighted by atomic mass is 9.78. The predicted octanol–water partition coefficient (Wildman–Crippen LogP) is 0.461. The minimum Gasteiger partial charge on any atom is -0.383 e. The third-order valence-electron chi connectivity index (χ3n) is 2.75. The molecule has 1 aliphatic carbocycles. The Labute approximate surface area is 86.4 Å². The van der Waals surface area contributed by atoms with Gasteiger partial charge in [-0.2, -0.15) is 0 Å². The molecule has 1 aliphatic rings. The van der Waals surface area contributed by atoms with Crippen LogP contribution in [0.3, 0.4) is 0 Å². The molecule has 86 valence electrons. The second-order valence-electron chi connectivity index (χ2n) is 4.19. The van der Waals surface area contributed by atoms with Crippen molar-refractivity contribution in [3.05, 3.63) is 20.2 Å². The maximum atomic E-state index is 10.3. The fraction of sp³-hybridized carbons (Fsp3) is 1.00. The van der Waals surface area contributed by atoms with Crippen molar-refractivity contribution in [2.24, 2.45) is 5.92 Å². The molecule has 0 aliphatic heterocycles. The van der Waals surface area contributed by atoms with E-state index in [4.69, 9.17) is 0 Å². The first-order valence-electron chi connectivity index (χ1n) is 4.87. The van der Waals surface area contributed by atoms with Gasteiger partial charge in [0, 0.05) is 15.8 Å². The lowest BCUT2D eigenvalue weighted by molar-refractivity contribution is -0.508. The highest BCUT2D eigenvalue weighted by molar-refractivity contribution is 4.85. The van der Waals surface area contributed by atoms with Crippen molar-refractivity contribution < 1.29 is 15.0 Å². The van der Waals surface area contributed by atoms with Crippen LogP contribution in [-0.4, -0.2) is 33.6 Å². The third kappa shape index (κ3) is 3.78.